The third-order valence-corrected chi connectivity index (χ3v) is 4.12. The second kappa shape index (κ2) is 9.21. The molecule has 0 aliphatic carbocycles. The molecule has 2 rings (SSSR count). The van der Waals surface area contributed by atoms with Crippen molar-refractivity contribution in [2.24, 2.45) is 0 Å². The SMILES string of the molecule is COc1cc(/C=C(/C#N)C(=O)Nc2ccc(Cl)cc2)cc(Br)c1OC(C)=O. The normalized spacial score (nSPS) is 10.7. The van der Waals surface area contributed by atoms with E-state index in [0.29, 0.717) is 20.7 Å². The van der Waals surface area contributed by atoms with E-state index in [1.54, 1.807) is 36.4 Å². The van der Waals surface area contributed by atoms with Gasteiger partial charge in [-0.25, -0.2) is 0 Å². The summed E-state index contributed by atoms with van der Waals surface area (Å²) in [6, 6.07) is 11.5. The molecule has 0 atom stereocenters. The van der Waals surface area contributed by atoms with Crippen LogP contribution in [0.4, 0.5) is 5.69 Å². The fraction of sp³-hybridized carbons (Fsp3) is 0.105. The first-order valence-corrected chi connectivity index (χ1v) is 8.75. The molecule has 0 spiro atoms. The number of nitrogens with one attached hydrogen (secondary N) is 1. The lowest BCUT2D eigenvalue weighted by Gasteiger charge is -2.11. The highest BCUT2D eigenvalue weighted by molar-refractivity contribution is 9.10. The Balaban J connectivity index is 2.32. The van der Waals surface area contributed by atoms with Gasteiger partial charge >= 0.3 is 5.97 Å². The maximum absolute atomic E-state index is 12.3. The molecule has 6 nitrogen and oxygen atoms in total. The highest BCUT2D eigenvalue weighted by atomic mass is 79.9. The molecule has 0 heterocycles. The Morgan fingerprint density at radius 1 is 1.26 bits per heavy atom. The van der Waals surface area contributed by atoms with Gasteiger partial charge in [0.2, 0.25) is 0 Å². The van der Waals surface area contributed by atoms with Gasteiger partial charge in [-0.05, 0) is 64.0 Å². The van der Waals surface area contributed by atoms with Crippen molar-refractivity contribution in [3.63, 3.8) is 0 Å². The molecule has 0 fully saturated rings. The highest BCUT2D eigenvalue weighted by Crippen LogP contribution is 2.37. The van der Waals surface area contributed by atoms with Crippen molar-refractivity contribution in [3.05, 3.63) is 57.0 Å². The molecule has 0 saturated carbocycles. The van der Waals surface area contributed by atoms with Gasteiger partial charge in [0.05, 0.1) is 11.6 Å². The Morgan fingerprint density at radius 3 is 2.48 bits per heavy atom. The van der Waals surface area contributed by atoms with Gasteiger partial charge in [-0.2, -0.15) is 5.26 Å². The maximum atomic E-state index is 12.3. The predicted molar refractivity (Wildman–Crippen MR) is 106 cm³/mol. The van der Waals surface area contributed by atoms with E-state index < -0.39 is 11.9 Å². The van der Waals surface area contributed by atoms with Crippen molar-refractivity contribution in [2.45, 2.75) is 6.92 Å². The topological polar surface area (TPSA) is 88.4 Å². The summed E-state index contributed by atoms with van der Waals surface area (Å²) in [5, 5.41) is 12.5. The molecule has 0 aromatic heterocycles. The van der Waals surface area contributed by atoms with Gasteiger partial charge in [-0.15, -0.1) is 0 Å². The first kappa shape index (κ1) is 20.5. The summed E-state index contributed by atoms with van der Waals surface area (Å²) < 4.78 is 10.8. The Hall–Kier alpha value is -2.82. The van der Waals surface area contributed by atoms with Crippen LogP contribution < -0.4 is 14.8 Å². The lowest BCUT2D eigenvalue weighted by Crippen LogP contribution is -2.13. The van der Waals surface area contributed by atoms with Crippen LogP contribution in [-0.4, -0.2) is 19.0 Å². The summed E-state index contributed by atoms with van der Waals surface area (Å²) in [5.41, 5.74) is 0.908. The molecule has 0 radical (unpaired) electrons. The van der Waals surface area contributed by atoms with Gasteiger partial charge in [-0.3, -0.25) is 9.59 Å². The monoisotopic (exact) mass is 448 g/mol. The molecule has 2 aromatic carbocycles. The van der Waals surface area contributed by atoms with Gasteiger partial charge in [0.1, 0.15) is 11.6 Å². The number of ether oxygens (including phenoxy) is 2. The third-order valence-electron chi connectivity index (χ3n) is 3.28. The van der Waals surface area contributed by atoms with Crippen molar-refractivity contribution in [1.29, 1.82) is 5.26 Å². The molecule has 0 saturated heterocycles. The second-order valence-corrected chi connectivity index (χ2v) is 6.55. The Bertz CT molecular complexity index is 949. The standard InChI is InChI=1S/C19H14BrClN2O4/c1-11(24)27-18-16(20)8-12(9-17(18)26-2)7-13(10-22)19(25)23-15-5-3-14(21)4-6-15/h3-9H,1-2H3,(H,23,25)/b13-7-. The molecular weight excluding hydrogens is 436 g/mol. The van der Waals surface area contributed by atoms with Gasteiger partial charge in [0.25, 0.3) is 5.91 Å². The Morgan fingerprint density at radius 2 is 1.93 bits per heavy atom. The highest BCUT2D eigenvalue weighted by Gasteiger charge is 2.15. The molecule has 0 unspecified atom stereocenters. The second-order valence-electron chi connectivity index (χ2n) is 5.26. The van der Waals surface area contributed by atoms with Crippen LogP contribution >= 0.6 is 27.5 Å². The van der Waals surface area contributed by atoms with Crippen LogP contribution in [-0.2, 0) is 9.59 Å². The number of esters is 1. The Labute approximate surface area is 169 Å². The van der Waals surface area contributed by atoms with E-state index in [9.17, 15) is 14.9 Å². The van der Waals surface area contributed by atoms with E-state index >= 15 is 0 Å². The fourth-order valence-corrected chi connectivity index (χ4v) is 2.78. The van der Waals surface area contributed by atoms with Crippen LogP contribution in [0.5, 0.6) is 11.5 Å². The van der Waals surface area contributed by atoms with Crippen LogP contribution in [0.1, 0.15) is 12.5 Å². The summed E-state index contributed by atoms with van der Waals surface area (Å²) >= 11 is 9.10. The zero-order valence-electron chi connectivity index (χ0n) is 14.4. The van der Waals surface area contributed by atoms with Gasteiger partial charge in [0, 0.05) is 17.6 Å². The zero-order chi connectivity index (χ0) is 20.0. The number of nitrogens with zero attached hydrogens (tertiary/aromatic N) is 1. The first-order valence-electron chi connectivity index (χ1n) is 7.58. The molecule has 1 N–H and O–H groups in total. The summed E-state index contributed by atoms with van der Waals surface area (Å²) in [4.78, 5) is 23.5. The van der Waals surface area contributed by atoms with Crippen molar-refractivity contribution < 1.29 is 19.1 Å². The minimum absolute atomic E-state index is 0.112. The van der Waals surface area contributed by atoms with Gasteiger partial charge < -0.3 is 14.8 Å². The summed E-state index contributed by atoms with van der Waals surface area (Å²) in [7, 11) is 1.42. The number of amides is 1. The number of carbonyl (C=O) groups is 2. The molecule has 2 aromatic rings. The van der Waals surface area contributed by atoms with E-state index in [1.807, 2.05) is 6.07 Å². The van der Waals surface area contributed by atoms with E-state index in [0.717, 1.165) is 0 Å². The first-order chi connectivity index (χ1) is 12.8. The molecular formula is C19H14BrClN2O4. The number of hydrogen-bond donors (Lipinski definition) is 1. The summed E-state index contributed by atoms with van der Waals surface area (Å²) in [6.45, 7) is 1.27. The van der Waals surface area contributed by atoms with Crippen LogP contribution in [0.15, 0.2) is 46.4 Å². The lowest BCUT2D eigenvalue weighted by atomic mass is 10.1. The van der Waals surface area contributed by atoms with Crippen molar-refractivity contribution in [1.82, 2.24) is 0 Å². The van der Waals surface area contributed by atoms with E-state index in [4.69, 9.17) is 21.1 Å². The Kier molecular flexibility index (Phi) is 6.99. The molecule has 8 heteroatoms. The molecule has 0 aliphatic rings. The smallest absolute Gasteiger partial charge is 0.308 e. The molecule has 27 heavy (non-hydrogen) atoms. The molecule has 0 bridgehead atoms. The number of hydrogen-bond acceptors (Lipinski definition) is 5. The fourth-order valence-electron chi connectivity index (χ4n) is 2.11. The minimum atomic E-state index is -0.570. The van der Waals surface area contributed by atoms with E-state index in [-0.39, 0.29) is 17.1 Å². The molecule has 0 aliphatic heterocycles. The molecule has 1 amide bonds. The average molecular weight is 450 g/mol. The van der Waals surface area contributed by atoms with Crippen LogP contribution in [0.3, 0.4) is 0 Å². The number of nitriles is 1. The van der Waals surface area contributed by atoms with E-state index in [1.165, 1.54) is 20.1 Å². The predicted octanol–water partition coefficient (Wildman–Crippen LogP) is 4.58. The van der Waals surface area contributed by atoms with E-state index in [2.05, 4.69) is 21.2 Å². The maximum Gasteiger partial charge on any atom is 0.308 e. The number of halogens is 2. The summed E-state index contributed by atoms with van der Waals surface area (Å²) in [5.74, 6) is -0.580. The number of anilines is 1. The van der Waals surface area contributed by atoms with Crippen molar-refractivity contribution in [3.8, 4) is 17.6 Å². The minimum Gasteiger partial charge on any atom is -0.493 e. The van der Waals surface area contributed by atoms with Crippen LogP contribution in [0.25, 0.3) is 6.08 Å². The zero-order valence-corrected chi connectivity index (χ0v) is 16.7. The largest absolute Gasteiger partial charge is 0.493 e. The number of benzene rings is 2. The number of methoxy groups -OCH3 is 1. The lowest BCUT2D eigenvalue weighted by molar-refractivity contribution is -0.132. The van der Waals surface area contributed by atoms with Gasteiger partial charge in [-0.1, -0.05) is 11.6 Å². The molecule has 138 valence electrons. The van der Waals surface area contributed by atoms with Crippen molar-refractivity contribution >= 4 is 51.2 Å². The third kappa shape index (κ3) is 5.58. The number of rotatable bonds is 5. The van der Waals surface area contributed by atoms with Crippen LogP contribution in [0, 0.1) is 11.3 Å². The quantitative estimate of drug-likeness (QED) is 0.312. The van der Waals surface area contributed by atoms with Gasteiger partial charge in [0.15, 0.2) is 11.5 Å². The summed E-state index contributed by atoms with van der Waals surface area (Å²) in [6.07, 6.45) is 1.40. The van der Waals surface area contributed by atoms with Crippen molar-refractivity contribution in [2.75, 3.05) is 12.4 Å². The average Bonchev–Trinajstić information content (AvgIpc) is 2.63. The number of carbonyl (C=O) groups excluding carboxylic acids is 2. The van der Waals surface area contributed by atoms with Crippen LogP contribution in [0.2, 0.25) is 5.02 Å².